The third-order valence-corrected chi connectivity index (χ3v) is 9.23. The second kappa shape index (κ2) is 12.4. The van der Waals surface area contributed by atoms with Gasteiger partial charge in [0, 0.05) is 43.7 Å². The number of fused-ring (bicyclic) bond motifs is 2. The number of carbonyl (C=O) groups is 2. The van der Waals surface area contributed by atoms with E-state index in [0.29, 0.717) is 42.4 Å². The van der Waals surface area contributed by atoms with E-state index in [9.17, 15) is 14.7 Å². The van der Waals surface area contributed by atoms with Gasteiger partial charge in [0.2, 0.25) is 5.91 Å². The number of benzene rings is 2. The van der Waals surface area contributed by atoms with Crippen LogP contribution in [0.25, 0.3) is 0 Å². The highest BCUT2D eigenvalue weighted by atomic mass is 16.3. The molecule has 204 valence electrons. The fraction of sp³-hybridized carbons (Fsp3) is 0.562. The van der Waals surface area contributed by atoms with Crippen molar-refractivity contribution in [1.82, 2.24) is 9.80 Å². The van der Waals surface area contributed by atoms with E-state index in [4.69, 9.17) is 5.73 Å². The zero-order valence-corrected chi connectivity index (χ0v) is 22.5. The molecule has 2 aromatic rings. The zero-order chi connectivity index (χ0) is 26.5. The van der Waals surface area contributed by atoms with E-state index in [-0.39, 0.29) is 11.8 Å². The van der Waals surface area contributed by atoms with Crippen LogP contribution in [0, 0.1) is 5.92 Å². The first-order chi connectivity index (χ1) is 18.5. The molecule has 6 nitrogen and oxygen atoms in total. The van der Waals surface area contributed by atoms with Crippen LogP contribution in [0.2, 0.25) is 0 Å². The lowest BCUT2D eigenvalue weighted by molar-refractivity contribution is -0.141. The summed E-state index contributed by atoms with van der Waals surface area (Å²) in [4.78, 5) is 29.8. The van der Waals surface area contributed by atoms with Gasteiger partial charge in [-0.3, -0.25) is 14.5 Å². The van der Waals surface area contributed by atoms with Gasteiger partial charge >= 0.3 is 0 Å². The maximum absolute atomic E-state index is 13.5. The molecular formula is C32H43N3O3. The van der Waals surface area contributed by atoms with Gasteiger partial charge in [-0.1, -0.05) is 61.7 Å². The maximum Gasteiger partial charge on any atom is 0.251 e. The number of nitrogens with two attached hydrogens (primary N) is 1. The number of aliphatic hydroxyl groups excluding tert-OH is 1. The normalized spacial score (nSPS) is 24.7. The van der Waals surface area contributed by atoms with E-state index < -0.39 is 6.10 Å². The van der Waals surface area contributed by atoms with Gasteiger partial charge in [0.15, 0.2) is 0 Å². The van der Waals surface area contributed by atoms with Gasteiger partial charge in [0.1, 0.15) is 6.10 Å². The molecule has 3 N–H and O–H groups in total. The first kappa shape index (κ1) is 26.9. The Bertz CT molecular complexity index is 1070. The first-order valence-corrected chi connectivity index (χ1v) is 14.6. The largest absolute Gasteiger partial charge is 0.383 e. The molecule has 3 fully saturated rings. The molecule has 6 heteroatoms. The molecule has 0 aromatic heterocycles. The molecule has 3 aliphatic rings. The Hall–Kier alpha value is -2.70. The summed E-state index contributed by atoms with van der Waals surface area (Å²) in [6.07, 6.45) is 10.0. The van der Waals surface area contributed by atoms with Crippen LogP contribution in [-0.2, 0) is 11.2 Å². The van der Waals surface area contributed by atoms with E-state index in [2.05, 4.69) is 11.0 Å². The quantitative estimate of drug-likeness (QED) is 0.486. The summed E-state index contributed by atoms with van der Waals surface area (Å²) in [7, 11) is 0. The Labute approximate surface area is 227 Å². The topological polar surface area (TPSA) is 86.9 Å². The highest BCUT2D eigenvalue weighted by Gasteiger charge is 2.41. The summed E-state index contributed by atoms with van der Waals surface area (Å²) in [6, 6.07) is 18.6. The van der Waals surface area contributed by atoms with Crippen molar-refractivity contribution in [1.29, 1.82) is 0 Å². The third-order valence-electron chi connectivity index (χ3n) is 9.23. The number of hydrogen-bond acceptors (Lipinski definition) is 4. The minimum atomic E-state index is -0.999. The smallest absolute Gasteiger partial charge is 0.251 e. The molecular weight excluding hydrogens is 474 g/mol. The maximum atomic E-state index is 13.5. The lowest BCUT2D eigenvalue weighted by Gasteiger charge is -2.41. The molecule has 2 bridgehead atoms. The van der Waals surface area contributed by atoms with Crippen LogP contribution in [0.3, 0.4) is 0 Å². The van der Waals surface area contributed by atoms with Crippen LogP contribution in [0.4, 0.5) is 0 Å². The summed E-state index contributed by atoms with van der Waals surface area (Å²) in [5.41, 5.74) is 8.32. The Morgan fingerprint density at radius 2 is 1.66 bits per heavy atom. The Kier molecular flexibility index (Phi) is 8.80. The summed E-state index contributed by atoms with van der Waals surface area (Å²) in [5.74, 6) is 0.488. The minimum absolute atomic E-state index is 0.120. The Morgan fingerprint density at radius 3 is 2.34 bits per heavy atom. The second-order valence-electron chi connectivity index (χ2n) is 11.8. The highest BCUT2D eigenvalue weighted by Crippen LogP contribution is 2.43. The van der Waals surface area contributed by atoms with E-state index in [1.807, 2.05) is 47.4 Å². The molecule has 38 heavy (non-hydrogen) atoms. The molecule has 1 saturated carbocycles. The van der Waals surface area contributed by atoms with Crippen molar-refractivity contribution >= 4 is 11.8 Å². The van der Waals surface area contributed by atoms with Crippen molar-refractivity contribution in [3.05, 3.63) is 71.3 Å². The number of primary amides is 1. The minimum Gasteiger partial charge on any atom is -0.383 e. The predicted octanol–water partition coefficient (Wildman–Crippen LogP) is 4.51. The van der Waals surface area contributed by atoms with Gasteiger partial charge < -0.3 is 15.7 Å². The standard InChI is InChI=1S/C32H43N3O3/c33-31(37)26-13-7-12-25(19-26)27-20-28-14-15-29(21-27)35(28)17-16-34(22-24-10-5-2-6-11-24)32(38)30(36)18-23-8-3-1-4-9-23/h1,3-4,7-9,12-13,19,24,27-30,36H,2,5-6,10-11,14-18,20-22H2,(H2,33,37)/t27?,28?,29?,30-/m0/s1. The van der Waals surface area contributed by atoms with Gasteiger partial charge in [-0.2, -0.15) is 0 Å². The predicted molar refractivity (Wildman–Crippen MR) is 150 cm³/mol. The van der Waals surface area contributed by atoms with Crippen molar-refractivity contribution in [3.63, 3.8) is 0 Å². The Morgan fingerprint density at radius 1 is 0.947 bits per heavy atom. The lowest BCUT2D eigenvalue weighted by atomic mass is 9.84. The average molecular weight is 518 g/mol. The molecule has 0 spiro atoms. The SMILES string of the molecule is NC(=O)c1cccc(C2CC3CCC(C2)N3CCN(CC2CCCCC2)C(=O)[C@@H](O)Cc2ccccc2)c1. The van der Waals surface area contributed by atoms with Crippen molar-refractivity contribution in [2.75, 3.05) is 19.6 Å². The number of piperidine rings is 1. The third kappa shape index (κ3) is 6.47. The molecule has 2 saturated heterocycles. The molecule has 2 aliphatic heterocycles. The number of rotatable bonds is 10. The highest BCUT2D eigenvalue weighted by molar-refractivity contribution is 5.92. The van der Waals surface area contributed by atoms with Crippen molar-refractivity contribution in [3.8, 4) is 0 Å². The van der Waals surface area contributed by atoms with Crippen molar-refractivity contribution < 1.29 is 14.7 Å². The number of carbonyl (C=O) groups excluding carboxylic acids is 2. The molecule has 2 heterocycles. The monoisotopic (exact) mass is 517 g/mol. The van der Waals surface area contributed by atoms with Crippen LogP contribution < -0.4 is 5.73 Å². The number of nitrogens with zero attached hydrogens (tertiary/aromatic N) is 2. The fourth-order valence-electron chi connectivity index (χ4n) is 7.20. The molecule has 2 unspecified atom stereocenters. The van der Waals surface area contributed by atoms with Crippen molar-refractivity contribution in [2.24, 2.45) is 11.7 Å². The summed E-state index contributed by atoms with van der Waals surface area (Å²) >= 11 is 0. The van der Waals surface area contributed by atoms with E-state index in [1.165, 1.54) is 50.5 Å². The molecule has 2 amide bonds. The molecule has 3 atom stereocenters. The summed E-state index contributed by atoms with van der Waals surface area (Å²) < 4.78 is 0. The van der Waals surface area contributed by atoms with E-state index in [0.717, 1.165) is 31.5 Å². The molecule has 0 radical (unpaired) electrons. The average Bonchev–Trinajstić information content (AvgIpc) is 3.17. The fourth-order valence-corrected chi connectivity index (χ4v) is 7.20. The van der Waals surface area contributed by atoms with Crippen LogP contribution in [0.5, 0.6) is 0 Å². The van der Waals surface area contributed by atoms with Gasteiger partial charge in [-0.05, 0) is 73.6 Å². The second-order valence-corrected chi connectivity index (χ2v) is 11.8. The molecule has 5 rings (SSSR count). The molecule has 1 aliphatic carbocycles. The van der Waals surface area contributed by atoms with Crippen LogP contribution in [0.15, 0.2) is 54.6 Å². The van der Waals surface area contributed by atoms with Gasteiger partial charge in [-0.25, -0.2) is 0 Å². The number of aliphatic hydroxyl groups is 1. The van der Waals surface area contributed by atoms with Crippen LogP contribution in [0.1, 0.15) is 85.2 Å². The summed E-state index contributed by atoms with van der Waals surface area (Å²) in [5, 5.41) is 10.9. The van der Waals surface area contributed by atoms with Gasteiger partial charge in [-0.15, -0.1) is 0 Å². The van der Waals surface area contributed by atoms with E-state index in [1.54, 1.807) is 6.07 Å². The van der Waals surface area contributed by atoms with E-state index >= 15 is 0 Å². The van der Waals surface area contributed by atoms with Crippen LogP contribution >= 0.6 is 0 Å². The van der Waals surface area contributed by atoms with Crippen LogP contribution in [-0.4, -0.2) is 64.5 Å². The Balaban J connectivity index is 1.23. The first-order valence-electron chi connectivity index (χ1n) is 14.6. The van der Waals surface area contributed by atoms with Crippen molar-refractivity contribution in [2.45, 2.75) is 88.3 Å². The van der Waals surface area contributed by atoms with Gasteiger partial charge in [0.05, 0.1) is 0 Å². The zero-order valence-electron chi connectivity index (χ0n) is 22.5. The molecule has 2 aromatic carbocycles. The number of hydrogen-bond donors (Lipinski definition) is 2. The summed E-state index contributed by atoms with van der Waals surface area (Å²) in [6.45, 7) is 2.30. The number of amides is 2. The van der Waals surface area contributed by atoms with Gasteiger partial charge in [0.25, 0.3) is 5.91 Å². The lowest BCUT2D eigenvalue weighted by Crippen LogP contribution is -2.49.